The first kappa shape index (κ1) is 55.8. The zero-order valence-corrected chi connectivity index (χ0v) is 52.2. The van der Waals surface area contributed by atoms with Gasteiger partial charge in [0.2, 0.25) is 0 Å². The van der Waals surface area contributed by atoms with Gasteiger partial charge in [-0.3, -0.25) is 0 Å². The lowest BCUT2D eigenvalue weighted by Gasteiger charge is -2.16. The summed E-state index contributed by atoms with van der Waals surface area (Å²) >= 11 is 0. The zero-order valence-electron chi connectivity index (χ0n) is 52.2. The Bertz CT molecular complexity index is 4980. The highest BCUT2D eigenvalue weighted by molar-refractivity contribution is 6.04. The maximum Gasteiger partial charge on any atom is -0.0105 e. The minimum atomic E-state index is 1.20. The maximum atomic E-state index is 2.38. The molecule has 0 aliphatic heterocycles. The molecule has 0 saturated carbocycles. The molecule has 0 radical (unpaired) electrons. The van der Waals surface area contributed by atoms with Gasteiger partial charge in [-0.1, -0.05) is 291 Å². The first-order chi connectivity index (χ1) is 45.2. The van der Waals surface area contributed by atoms with E-state index in [2.05, 4.69) is 355 Å². The van der Waals surface area contributed by atoms with Gasteiger partial charge >= 0.3 is 0 Å². The standard InChI is InChI=1S/C92H66/c1-59-49-71(41-45-81(59)83-47-43-73(51-61(83)3)75-53-77(89-29-13-21-67-17-5-9-25-85(67)89)57-78(54-75)90-30-14-22-68-18-6-10-26-86(68)90)65-37-33-63(34-38-65)64-35-39-66(40-36-64)72-42-46-82(60(2)50-72)84-48-44-74(52-62(84)4)76-55-79(91-31-15-23-69-19-7-11-27-87(69)91)58-80(56-76)92-32-16-24-70-20-8-12-28-88(70)92/h5-58H,1-4H3. The number of fused-ring (bicyclic) bond motifs is 4. The second-order valence-corrected chi connectivity index (χ2v) is 25.0. The van der Waals surface area contributed by atoms with Crippen molar-refractivity contribution < 1.29 is 0 Å². The van der Waals surface area contributed by atoms with Gasteiger partial charge in [-0.05, 0) is 252 Å². The fourth-order valence-corrected chi connectivity index (χ4v) is 14.4. The molecule has 0 heterocycles. The molecule has 0 fully saturated rings. The summed E-state index contributed by atoms with van der Waals surface area (Å²) in [5.41, 5.74) is 31.9. The van der Waals surface area contributed by atoms with Gasteiger partial charge in [0.15, 0.2) is 0 Å². The van der Waals surface area contributed by atoms with Crippen molar-refractivity contribution in [2.45, 2.75) is 27.7 Å². The van der Waals surface area contributed by atoms with E-state index in [0.29, 0.717) is 0 Å². The molecule has 0 bridgehead atoms. The lowest BCUT2D eigenvalue weighted by Crippen LogP contribution is -1.91. The second-order valence-electron chi connectivity index (χ2n) is 25.0. The third-order valence-electron chi connectivity index (χ3n) is 19.2. The highest BCUT2D eigenvalue weighted by Crippen LogP contribution is 2.43. The minimum absolute atomic E-state index is 1.20. The third kappa shape index (κ3) is 10.5. The molecule has 434 valence electrons. The van der Waals surface area contributed by atoms with E-state index in [1.807, 2.05) is 0 Å². The summed E-state index contributed by atoms with van der Waals surface area (Å²) < 4.78 is 0. The van der Waals surface area contributed by atoms with Crippen molar-refractivity contribution in [3.63, 3.8) is 0 Å². The summed E-state index contributed by atoms with van der Waals surface area (Å²) in [7, 11) is 0. The van der Waals surface area contributed by atoms with Crippen LogP contribution in [0.5, 0.6) is 0 Å². The van der Waals surface area contributed by atoms with E-state index in [9.17, 15) is 0 Å². The van der Waals surface area contributed by atoms with E-state index >= 15 is 0 Å². The van der Waals surface area contributed by atoms with Crippen LogP contribution in [0, 0.1) is 27.7 Å². The minimum Gasteiger partial charge on any atom is -0.0616 e. The Hall–Kier alpha value is -11.4. The summed E-state index contributed by atoms with van der Waals surface area (Å²) in [4.78, 5) is 0. The van der Waals surface area contributed by atoms with E-state index in [0.717, 1.165) is 0 Å². The predicted octanol–water partition coefficient (Wildman–Crippen LogP) is 25.9. The molecule has 0 aromatic heterocycles. The van der Waals surface area contributed by atoms with Crippen LogP contribution in [0.2, 0.25) is 0 Å². The number of hydrogen-bond donors (Lipinski definition) is 0. The van der Waals surface area contributed by atoms with Crippen molar-refractivity contribution in [1.82, 2.24) is 0 Å². The van der Waals surface area contributed by atoms with Crippen LogP contribution in [0.15, 0.2) is 328 Å². The van der Waals surface area contributed by atoms with Crippen LogP contribution in [0.3, 0.4) is 0 Å². The molecule has 0 heteroatoms. The van der Waals surface area contributed by atoms with Crippen LogP contribution in [0.4, 0.5) is 0 Å². The van der Waals surface area contributed by atoms with E-state index in [4.69, 9.17) is 0 Å². The fraction of sp³-hybridized carbons (Fsp3) is 0.0435. The molecule has 0 saturated heterocycles. The van der Waals surface area contributed by atoms with Crippen molar-refractivity contribution in [3.05, 3.63) is 350 Å². The van der Waals surface area contributed by atoms with E-state index < -0.39 is 0 Å². The molecule has 0 nitrogen and oxygen atoms in total. The smallest absolute Gasteiger partial charge is 0.0105 e. The number of rotatable bonds is 11. The quantitative estimate of drug-likeness (QED) is 0.121. The maximum absolute atomic E-state index is 2.38. The summed E-state index contributed by atoms with van der Waals surface area (Å²) in [6.07, 6.45) is 0. The van der Waals surface area contributed by atoms with E-state index in [1.54, 1.807) is 0 Å². The molecule has 0 spiro atoms. The van der Waals surface area contributed by atoms with Crippen LogP contribution in [-0.4, -0.2) is 0 Å². The lowest BCUT2D eigenvalue weighted by molar-refractivity contribution is 1.40. The summed E-state index contributed by atoms with van der Waals surface area (Å²) in [5, 5.41) is 10.0. The molecule has 16 aromatic rings. The Morgan fingerprint density at radius 1 is 0.130 bits per heavy atom. The monoisotopic (exact) mass is 1170 g/mol. The average molecular weight is 1170 g/mol. The Morgan fingerprint density at radius 2 is 0.326 bits per heavy atom. The average Bonchev–Trinajstić information content (AvgIpc) is 0.899. The lowest BCUT2D eigenvalue weighted by atomic mass is 9.88. The van der Waals surface area contributed by atoms with Gasteiger partial charge in [0, 0.05) is 0 Å². The third-order valence-corrected chi connectivity index (χ3v) is 19.2. The van der Waals surface area contributed by atoms with Gasteiger partial charge in [-0.25, -0.2) is 0 Å². The molecule has 16 aromatic carbocycles. The predicted molar refractivity (Wildman–Crippen MR) is 395 cm³/mol. The van der Waals surface area contributed by atoms with Gasteiger partial charge in [-0.15, -0.1) is 0 Å². The molecule has 0 atom stereocenters. The zero-order chi connectivity index (χ0) is 61.8. The Morgan fingerprint density at radius 3 is 0.576 bits per heavy atom. The molecular weight excluding hydrogens is 1110 g/mol. The van der Waals surface area contributed by atoms with Crippen LogP contribution < -0.4 is 0 Å². The van der Waals surface area contributed by atoms with Gasteiger partial charge < -0.3 is 0 Å². The van der Waals surface area contributed by atoms with E-state index in [-0.39, 0.29) is 0 Å². The van der Waals surface area contributed by atoms with Crippen molar-refractivity contribution in [3.8, 4) is 122 Å². The Labute approximate surface area is 539 Å². The van der Waals surface area contributed by atoms with Crippen molar-refractivity contribution in [2.75, 3.05) is 0 Å². The van der Waals surface area contributed by atoms with Gasteiger partial charge in [0.1, 0.15) is 0 Å². The van der Waals surface area contributed by atoms with Gasteiger partial charge in [-0.2, -0.15) is 0 Å². The molecule has 0 aliphatic rings. The van der Waals surface area contributed by atoms with Gasteiger partial charge in [0.05, 0.1) is 0 Å². The van der Waals surface area contributed by atoms with Crippen molar-refractivity contribution in [2.24, 2.45) is 0 Å². The molecule has 16 rings (SSSR count). The SMILES string of the molecule is Cc1cc(-c2ccc(-c3ccc(-c4ccc(-c5ccc(-c6cc(-c7cccc8ccccc78)cc(-c7cccc8ccccc78)c6)cc5C)c(C)c4)cc3)cc2)ccc1-c1ccc(-c2cc(-c3cccc4ccccc34)cc(-c3cccc4ccccc34)c2)cc1C. The van der Waals surface area contributed by atoms with Crippen LogP contribution >= 0.6 is 0 Å². The number of benzene rings is 16. The molecular formula is C92H66. The highest BCUT2D eigenvalue weighted by atomic mass is 14.2. The summed E-state index contributed by atoms with van der Waals surface area (Å²) in [6, 6.07) is 122. The first-order valence-corrected chi connectivity index (χ1v) is 32.1. The summed E-state index contributed by atoms with van der Waals surface area (Å²) in [5.74, 6) is 0. The van der Waals surface area contributed by atoms with Crippen LogP contribution in [-0.2, 0) is 0 Å². The Kier molecular flexibility index (Phi) is 14.3. The fourth-order valence-electron chi connectivity index (χ4n) is 14.4. The second kappa shape index (κ2) is 23.5. The van der Waals surface area contributed by atoms with E-state index in [1.165, 1.54) is 188 Å². The highest BCUT2D eigenvalue weighted by Gasteiger charge is 2.18. The topological polar surface area (TPSA) is 0 Å². The van der Waals surface area contributed by atoms with Crippen LogP contribution in [0.25, 0.3) is 165 Å². The molecule has 0 N–H and O–H groups in total. The molecule has 0 amide bonds. The largest absolute Gasteiger partial charge is 0.0616 e. The van der Waals surface area contributed by atoms with Crippen molar-refractivity contribution >= 4 is 43.1 Å². The molecule has 0 unspecified atom stereocenters. The first-order valence-electron chi connectivity index (χ1n) is 32.1. The summed E-state index contributed by atoms with van der Waals surface area (Å²) in [6.45, 7) is 9.00. The Balaban J connectivity index is 0.631. The number of aryl methyl sites for hydroxylation is 4. The normalized spacial score (nSPS) is 11.5. The molecule has 0 aliphatic carbocycles. The van der Waals surface area contributed by atoms with Gasteiger partial charge in [0.25, 0.3) is 0 Å². The van der Waals surface area contributed by atoms with Crippen molar-refractivity contribution in [1.29, 1.82) is 0 Å². The van der Waals surface area contributed by atoms with Crippen LogP contribution in [0.1, 0.15) is 22.3 Å². The number of hydrogen-bond acceptors (Lipinski definition) is 0. The molecule has 92 heavy (non-hydrogen) atoms.